The second kappa shape index (κ2) is 28.2. The van der Waals surface area contributed by atoms with Crippen LogP contribution in [0.15, 0.2) is 83.1 Å². The lowest BCUT2D eigenvalue weighted by Gasteiger charge is -2.19. The predicted octanol–water partition coefficient (Wildman–Crippen LogP) is 8.32. The van der Waals surface area contributed by atoms with Gasteiger partial charge in [-0.2, -0.15) is 0 Å². The number of hydrogen-bond donors (Lipinski definition) is 4. The van der Waals surface area contributed by atoms with Gasteiger partial charge in [0.2, 0.25) is 0 Å². The Morgan fingerprint density at radius 2 is 0.554 bits per heavy atom. The number of methoxy groups -OCH3 is 12. The highest BCUT2D eigenvalue weighted by atomic mass is 16.5. The van der Waals surface area contributed by atoms with Gasteiger partial charge >= 0.3 is 0 Å². The normalized spacial score (nSPS) is 10.5. The predicted molar refractivity (Wildman–Crippen MR) is 280 cm³/mol. The van der Waals surface area contributed by atoms with Gasteiger partial charge in [0.15, 0.2) is 69.0 Å². The molecule has 20 heteroatoms. The third-order valence-electron chi connectivity index (χ3n) is 11.1. The maximum atomic E-state index is 11.3. The summed E-state index contributed by atoms with van der Waals surface area (Å²) in [6, 6.07) is 20.9. The first-order chi connectivity index (χ1) is 35.9. The lowest BCUT2D eigenvalue weighted by molar-refractivity contribution is 0.111. The van der Waals surface area contributed by atoms with Gasteiger partial charge in [0, 0.05) is 68.7 Å². The third kappa shape index (κ3) is 13.0. The van der Waals surface area contributed by atoms with Crippen molar-refractivity contribution in [1.82, 2.24) is 0 Å². The average Bonchev–Trinajstić information content (AvgIpc) is 3.45. The molecule has 0 aliphatic rings. The highest BCUT2D eigenvalue weighted by Gasteiger charge is 2.24. The van der Waals surface area contributed by atoms with Crippen molar-refractivity contribution in [2.45, 2.75) is 13.1 Å². The van der Waals surface area contributed by atoms with Gasteiger partial charge in [0.05, 0.1) is 97.7 Å². The van der Waals surface area contributed by atoms with Crippen molar-refractivity contribution in [3.8, 4) is 102 Å². The summed E-state index contributed by atoms with van der Waals surface area (Å²) in [6.45, 7) is 0.757. The molecule has 6 aromatic rings. The lowest BCUT2D eigenvalue weighted by Crippen LogP contribution is -2.03. The summed E-state index contributed by atoms with van der Waals surface area (Å²) in [5.74, 6) is 5.87. The molecule has 0 saturated heterocycles. The Hall–Kier alpha value is -8.88. The van der Waals surface area contributed by atoms with Crippen molar-refractivity contribution in [1.29, 1.82) is 0 Å². The van der Waals surface area contributed by atoms with Crippen LogP contribution in [0, 0.1) is 0 Å². The molecule has 394 valence electrons. The van der Waals surface area contributed by atoms with Gasteiger partial charge in [-0.3, -0.25) is 9.59 Å². The molecule has 0 spiro atoms. The summed E-state index contributed by atoms with van der Waals surface area (Å²) in [5.41, 5.74) is 19.4. The quantitative estimate of drug-likeness (QED) is 0.0228. The molecule has 0 unspecified atom stereocenters. The van der Waals surface area contributed by atoms with Crippen LogP contribution in [0.25, 0.3) is 33.4 Å². The van der Waals surface area contributed by atoms with Crippen molar-refractivity contribution in [3.05, 3.63) is 106 Å². The smallest absolute Gasteiger partial charge is 0.168 e. The van der Waals surface area contributed by atoms with Gasteiger partial charge in [-0.15, -0.1) is 0 Å². The van der Waals surface area contributed by atoms with Crippen molar-refractivity contribution >= 4 is 25.0 Å². The highest BCUT2D eigenvalue weighted by molar-refractivity contribution is 5.93. The van der Waals surface area contributed by atoms with Crippen LogP contribution < -0.4 is 68.3 Å². The van der Waals surface area contributed by atoms with Gasteiger partial charge in [0.1, 0.15) is 12.6 Å². The zero-order valence-corrected chi connectivity index (χ0v) is 43.3. The number of oxime groups is 2. The second-order valence-electron chi connectivity index (χ2n) is 15.1. The molecule has 0 radical (unpaired) electrons. The maximum Gasteiger partial charge on any atom is 0.168 e. The molecule has 0 fully saturated rings. The fourth-order valence-corrected chi connectivity index (χ4v) is 7.84. The van der Waals surface area contributed by atoms with Crippen LogP contribution in [0.1, 0.15) is 43.0 Å². The first-order valence-electron chi connectivity index (χ1n) is 22.1. The number of benzene rings is 6. The molecular weight excluding hydrogens is 961 g/mol. The van der Waals surface area contributed by atoms with Gasteiger partial charge in [-0.1, -0.05) is 10.3 Å². The monoisotopic (exact) mass is 1020 g/mol. The molecule has 6 aromatic carbocycles. The molecule has 0 aromatic heterocycles. The number of nitrogens with zero attached hydrogens (tertiary/aromatic N) is 2. The fourth-order valence-electron chi connectivity index (χ4n) is 7.84. The van der Waals surface area contributed by atoms with E-state index in [1.807, 2.05) is 24.3 Å². The average molecular weight is 1020 g/mol. The topological polar surface area (TPSA) is 262 Å². The first-order valence-corrected chi connectivity index (χ1v) is 22.1. The molecule has 0 saturated carbocycles. The summed E-state index contributed by atoms with van der Waals surface area (Å²) in [5, 5.41) is 23.9. The number of ether oxygens (including phenoxy) is 12. The summed E-state index contributed by atoms with van der Waals surface area (Å²) < 4.78 is 65.3. The Bertz CT molecular complexity index is 2740. The van der Waals surface area contributed by atoms with Crippen molar-refractivity contribution < 1.29 is 76.8 Å². The van der Waals surface area contributed by atoms with Crippen LogP contribution in [-0.2, 0) is 13.1 Å². The summed E-state index contributed by atoms with van der Waals surface area (Å²) in [4.78, 5) is 22.5. The Morgan fingerprint density at radius 1 is 0.338 bits per heavy atom. The van der Waals surface area contributed by atoms with Gasteiger partial charge in [-0.05, 0) is 83.9 Å². The molecule has 0 bridgehead atoms. The van der Waals surface area contributed by atoms with E-state index < -0.39 is 0 Å². The van der Waals surface area contributed by atoms with E-state index in [4.69, 9.17) is 78.7 Å². The second-order valence-corrected chi connectivity index (χ2v) is 15.1. The molecule has 6 rings (SSSR count). The van der Waals surface area contributed by atoms with Crippen molar-refractivity contribution in [2.24, 2.45) is 21.8 Å². The minimum absolute atomic E-state index is 0.378. The summed E-state index contributed by atoms with van der Waals surface area (Å²) >= 11 is 0. The van der Waals surface area contributed by atoms with Crippen LogP contribution in [0.5, 0.6) is 69.0 Å². The fraction of sp³-hybridized carbons (Fsp3) is 0.259. The number of aldehydes is 2. The Morgan fingerprint density at radius 3 is 0.757 bits per heavy atom. The van der Waals surface area contributed by atoms with E-state index in [2.05, 4.69) is 10.3 Å². The number of hydrogen-bond acceptors (Lipinski definition) is 20. The van der Waals surface area contributed by atoms with Crippen molar-refractivity contribution in [2.75, 3.05) is 85.3 Å². The molecule has 20 nitrogen and oxygen atoms in total. The number of carbonyl (C=O) groups excluding carboxylic acids is 2. The molecule has 0 atom stereocenters. The largest absolute Gasteiger partial charge is 0.493 e. The molecular formula is C54H62N4O16. The van der Waals surface area contributed by atoms with Crippen LogP contribution in [0.3, 0.4) is 0 Å². The van der Waals surface area contributed by atoms with Gasteiger partial charge in [-0.25, -0.2) is 0 Å². The highest BCUT2D eigenvalue weighted by Crippen LogP contribution is 2.49. The lowest BCUT2D eigenvalue weighted by atomic mass is 9.97. The van der Waals surface area contributed by atoms with E-state index in [1.54, 1.807) is 77.0 Å². The first kappa shape index (κ1) is 57.7. The molecule has 0 amide bonds. The van der Waals surface area contributed by atoms with Crippen LogP contribution in [-0.4, -0.2) is 121 Å². The van der Waals surface area contributed by atoms with E-state index in [9.17, 15) is 9.59 Å². The van der Waals surface area contributed by atoms with E-state index in [0.717, 1.165) is 22.3 Å². The van der Waals surface area contributed by atoms with Gasteiger partial charge < -0.3 is 78.7 Å². The molecule has 0 aliphatic heterocycles. The van der Waals surface area contributed by atoms with E-state index in [-0.39, 0.29) is 0 Å². The minimum Gasteiger partial charge on any atom is -0.493 e. The van der Waals surface area contributed by atoms with Gasteiger partial charge in [0.25, 0.3) is 0 Å². The van der Waals surface area contributed by atoms with Crippen molar-refractivity contribution in [3.63, 3.8) is 0 Å². The van der Waals surface area contributed by atoms with Crippen LogP contribution in [0.4, 0.5) is 0 Å². The minimum atomic E-state index is 0.378. The van der Waals surface area contributed by atoms with Crippen LogP contribution >= 0.6 is 0 Å². The number of nitrogens with two attached hydrogens (primary N) is 2. The van der Waals surface area contributed by atoms with E-state index in [0.29, 0.717) is 139 Å². The number of carbonyl (C=O) groups is 2. The molecule has 6 N–H and O–H groups in total. The Labute approximate surface area is 429 Å². The standard InChI is InChI=1S/C18H20N2O6.C18H24N2O4.C18H18O6/c1-23-15-7-11(9-19-21)5-13(17(15)25-3)14-6-12(10-20-22)8-16(24-2)18(14)26-4;2*1-21-15-7-11(9-19)5-13(17(15)23-3)14-6-12(10-20)8-16(22-2)18(14)24-4/h5-10,21-22H,1-4H3;5-8H,9-10,19-20H2,1-4H3;5-10H,1-4H3/b19-9+,20-10+;;. The van der Waals surface area contributed by atoms with E-state index >= 15 is 0 Å². The molecule has 0 aliphatic carbocycles. The zero-order chi connectivity index (χ0) is 54.5. The molecule has 74 heavy (non-hydrogen) atoms. The third-order valence-corrected chi connectivity index (χ3v) is 11.1. The SMILES string of the molecule is COc1cc(/C=N/O)cc(-c2cc(/C=N/O)cc(OC)c2OC)c1OC.COc1cc(C=O)cc(-c2cc(C=O)cc(OC)c2OC)c1OC.COc1cc(CN)cc(-c2cc(CN)cc(OC)c2OC)c1OC. The molecule has 0 heterocycles. The maximum absolute atomic E-state index is 11.3. The zero-order valence-electron chi connectivity index (χ0n) is 43.3. The summed E-state index contributed by atoms with van der Waals surface area (Å²) in [7, 11) is 18.4. The Balaban J connectivity index is 0.000000241. The Kier molecular flexibility index (Phi) is 22.0. The summed E-state index contributed by atoms with van der Waals surface area (Å²) in [6.07, 6.45) is 3.96. The van der Waals surface area contributed by atoms with Crippen LogP contribution in [0.2, 0.25) is 0 Å². The number of rotatable bonds is 21. The van der Waals surface area contributed by atoms with E-state index in [1.165, 1.54) is 69.3 Å².